The smallest absolute Gasteiger partial charge is 0.338 e. The van der Waals surface area contributed by atoms with Gasteiger partial charge in [0.25, 0.3) is 0 Å². The van der Waals surface area contributed by atoms with Crippen molar-refractivity contribution in [2.45, 2.75) is 26.3 Å². The molecule has 156 valence electrons. The largest absolute Gasteiger partial charge is 0.463 e. The van der Waals surface area contributed by atoms with Gasteiger partial charge in [-0.25, -0.2) is 9.79 Å². The van der Waals surface area contributed by atoms with Gasteiger partial charge in [0.1, 0.15) is 6.04 Å². The summed E-state index contributed by atoms with van der Waals surface area (Å²) in [6.07, 6.45) is 0.233. The molecule has 0 bridgehead atoms. The zero-order chi connectivity index (χ0) is 21.0. The molecule has 3 rings (SSSR count). The van der Waals surface area contributed by atoms with E-state index in [2.05, 4.69) is 10.3 Å². The number of hydrogen-bond donors (Lipinski definition) is 1. The summed E-state index contributed by atoms with van der Waals surface area (Å²) < 4.78 is 5.32. The molecule has 0 spiro atoms. The van der Waals surface area contributed by atoms with Gasteiger partial charge in [0, 0.05) is 23.7 Å². The van der Waals surface area contributed by atoms with Crippen LogP contribution in [0.4, 0.5) is 0 Å². The van der Waals surface area contributed by atoms with Crippen LogP contribution in [0.15, 0.2) is 44.9 Å². The maximum Gasteiger partial charge on any atom is 0.338 e. The van der Waals surface area contributed by atoms with E-state index in [4.69, 9.17) is 4.74 Å². The molecule has 0 unspecified atom stereocenters. The van der Waals surface area contributed by atoms with Gasteiger partial charge in [-0.2, -0.15) is 0 Å². The molecular weight excluding hydrogens is 408 g/mol. The molecule has 3 heterocycles. The molecule has 1 atom stereocenters. The lowest BCUT2D eigenvalue weighted by molar-refractivity contribution is -0.139. The third kappa shape index (κ3) is 4.91. The van der Waals surface area contributed by atoms with E-state index in [0.717, 1.165) is 22.3 Å². The van der Waals surface area contributed by atoms with E-state index in [9.17, 15) is 9.59 Å². The molecule has 0 fully saturated rings. The number of fused-ring (bicyclic) bond motifs is 1. The number of amidine groups is 1. The molecular formula is C20H26N4O3S2. The van der Waals surface area contributed by atoms with Crippen molar-refractivity contribution >= 4 is 40.1 Å². The highest BCUT2D eigenvalue weighted by molar-refractivity contribution is 8.16. The standard InChI is InChI=1S/C20H26N4O3S2/c1-5-27-19(26)17-13(2)22-20-24(18(17)15-7-6-10-28-15)14(12-29-20)11-16(25)21-8-9-23(3)4/h6-7,10,12,18H,5,8-9,11H2,1-4H3,(H,21,25)/t18-/m1/s1. The quantitative estimate of drug-likeness (QED) is 0.634. The van der Waals surface area contributed by atoms with Crippen LogP contribution in [0.3, 0.4) is 0 Å². The average Bonchev–Trinajstić information content (AvgIpc) is 3.31. The lowest BCUT2D eigenvalue weighted by Crippen LogP contribution is -2.38. The number of amides is 1. The number of carbonyl (C=O) groups is 2. The van der Waals surface area contributed by atoms with Crippen molar-refractivity contribution in [2.75, 3.05) is 33.8 Å². The maximum atomic E-state index is 12.8. The van der Waals surface area contributed by atoms with E-state index >= 15 is 0 Å². The van der Waals surface area contributed by atoms with Crippen molar-refractivity contribution < 1.29 is 14.3 Å². The van der Waals surface area contributed by atoms with Gasteiger partial charge in [-0.05, 0) is 44.8 Å². The third-order valence-corrected chi connectivity index (χ3v) is 6.35. The summed E-state index contributed by atoms with van der Waals surface area (Å²) in [5.41, 5.74) is 2.02. The number of thiophene rings is 1. The summed E-state index contributed by atoms with van der Waals surface area (Å²) in [4.78, 5) is 34.9. The fourth-order valence-electron chi connectivity index (χ4n) is 3.20. The minimum Gasteiger partial charge on any atom is -0.463 e. The van der Waals surface area contributed by atoms with E-state index in [0.29, 0.717) is 24.4 Å². The van der Waals surface area contributed by atoms with Crippen molar-refractivity contribution in [3.05, 3.63) is 44.8 Å². The first-order valence-electron chi connectivity index (χ1n) is 9.48. The van der Waals surface area contributed by atoms with Crippen LogP contribution in [0, 0.1) is 0 Å². The first kappa shape index (κ1) is 21.6. The molecule has 7 nitrogen and oxygen atoms in total. The SMILES string of the molecule is CCOC(=O)C1=C(C)N=C2SC=C(CC(=O)NCCN(C)C)N2[C@@H]1c1cccs1. The predicted octanol–water partition coefficient (Wildman–Crippen LogP) is 2.95. The number of aliphatic imine (C=N–C) groups is 1. The number of esters is 1. The Morgan fingerprint density at radius 1 is 1.38 bits per heavy atom. The summed E-state index contributed by atoms with van der Waals surface area (Å²) in [7, 11) is 3.94. The topological polar surface area (TPSA) is 74.2 Å². The Hall–Kier alpha value is -2.10. The van der Waals surface area contributed by atoms with Crippen LogP contribution in [0.25, 0.3) is 0 Å². The van der Waals surface area contributed by atoms with Gasteiger partial charge in [0.05, 0.1) is 24.3 Å². The number of nitrogens with one attached hydrogen (secondary N) is 1. The summed E-state index contributed by atoms with van der Waals surface area (Å²) >= 11 is 3.06. The van der Waals surface area contributed by atoms with Gasteiger partial charge >= 0.3 is 5.97 Å². The second-order valence-corrected chi connectivity index (χ2v) is 8.77. The zero-order valence-corrected chi connectivity index (χ0v) is 18.7. The third-order valence-electron chi connectivity index (χ3n) is 4.53. The number of carbonyl (C=O) groups excluding carboxylic acids is 2. The van der Waals surface area contributed by atoms with Crippen LogP contribution in [-0.2, 0) is 14.3 Å². The van der Waals surface area contributed by atoms with Gasteiger partial charge in [-0.3, -0.25) is 4.79 Å². The molecule has 1 aromatic heterocycles. The summed E-state index contributed by atoms with van der Waals surface area (Å²) in [5.74, 6) is -0.410. The van der Waals surface area contributed by atoms with Crippen molar-refractivity contribution in [1.82, 2.24) is 15.1 Å². The van der Waals surface area contributed by atoms with Gasteiger partial charge < -0.3 is 19.9 Å². The molecule has 0 saturated carbocycles. The van der Waals surface area contributed by atoms with Crippen molar-refractivity contribution in [3.63, 3.8) is 0 Å². The van der Waals surface area contributed by atoms with Gasteiger partial charge in [-0.15, -0.1) is 11.3 Å². The predicted molar refractivity (Wildman–Crippen MR) is 118 cm³/mol. The van der Waals surface area contributed by atoms with Gasteiger partial charge in [-0.1, -0.05) is 17.8 Å². The zero-order valence-electron chi connectivity index (χ0n) is 17.1. The van der Waals surface area contributed by atoms with Crippen molar-refractivity contribution in [1.29, 1.82) is 0 Å². The fourth-order valence-corrected chi connectivity index (χ4v) is 4.99. The molecule has 0 radical (unpaired) electrons. The number of hydrogen-bond acceptors (Lipinski definition) is 8. The minimum atomic E-state index is -0.363. The lowest BCUT2D eigenvalue weighted by Gasteiger charge is -2.35. The number of nitrogens with zero attached hydrogens (tertiary/aromatic N) is 3. The molecule has 1 N–H and O–H groups in total. The Balaban J connectivity index is 1.85. The second-order valence-electron chi connectivity index (χ2n) is 6.96. The van der Waals surface area contributed by atoms with Gasteiger partial charge in [0.2, 0.25) is 5.91 Å². The number of likely N-dealkylation sites (N-methyl/N-ethyl adjacent to an activating group) is 1. The highest BCUT2D eigenvalue weighted by Crippen LogP contribution is 2.45. The minimum absolute atomic E-state index is 0.0474. The number of ether oxygens (including phenoxy) is 1. The Morgan fingerprint density at radius 2 is 2.17 bits per heavy atom. The molecule has 9 heteroatoms. The van der Waals surface area contributed by atoms with E-state index in [1.165, 1.54) is 11.8 Å². The Morgan fingerprint density at radius 3 is 2.83 bits per heavy atom. The molecule has 2 aliphatic rings. The molecule has 1 amide bonds. The van der Waals surface area contributed by atoms with E-state index in [1.54, 1.807) is 18.3 Å². The molecule has 0 aliphatic carbocycles. The monoisotopic (exact) mass is 434 g/mol. The van der Waals surface area contributed by atoms with Gasteiger partial charge in [0.15, 0.2) is 5.17 Å². The summed E-state index contributed by atoms with van der Waals surface area (Å²) in [6.45, 7) is 5.30. The maximum absolute atomic E-state index is 12.8. The number of thioether (sulfide) groups is 1. The first-order valence-corrected chi connectivity index (χ1v) is 11.2. The van der Waals surface area contributed by atoms with E-state index in [-0.39, 0.29) is 24.3 Å². The van der Waals surface area contributed by atoms with E-state index < -0.39 is 0 Å². The number of allylic oxidation sites excluding steroid dienone is 1. The van der Waals surface area contributed by atoms with Crippen LogP contribution >= 0.6 is 23.1 Å². The first-order chi connectivity index (χ1) is 13.9. The Kier molecular flexibility index (Phi) is 7.15. The summed E-state index contributed by atoms with van der Waals surface area (Å²) in [6, 6.07) is 3.63. The highest BCUT2D eigenvalue weighted by Gasteiger charge is 2.41. The highest BCUT2D eigenvalue weighted by atomic mass is 32.2. The van der Waals surface area contributed by atoms with Crippen molar-refractivity contribution in [2.24, 2.45) is 4.99 Å². The van der Waals surface area contributed by atoms with Crippen LogP contribution in [0.2, 0.25) is 0 Å². The Labute approximate surface area is 179 Å². The molecule has 1 aromatic rings. The average molecular weight is 435 g/mol. The fraction of sp³-hybridized carbons (Fsp3) is 0.450. The molecule has 0 aromatic carbocycles. The summed E-state index contributed by atoms with van der Waals surface area (Å²) in [5, 5.41) is 7.67. The molecule has 29 heavy (non-hydrogen) atoms. The van der Waals surface area contributed by atoms with Crippen LogP contribution in [0.1, 0.15) is 31.2 Å². The van der Waals surface area contributed by atoms with Crippen LogP contribution < -0.4 is 5.32 Å². The number of rotatable bonds is 8. The normalized spacial score (nSPS) is 18.5. The molecule has 0 saturated heterocycles. The van der Waals surface area contributed by atoms with Crippen molar-refractivity contribution in [3.8, 4) is 0 Å². The second kappa shape index (κ2) is 9.60. The van der Waals surface area contributed by atoms with E-state index in [1.807, 2.05) is 53.7 Å². The molecule has 2 aliphatic heterocycles. The van der Waals surface area contributed by atoms with Crippen LogP contribution in [0.5, 0.6) is 0 Å². The van der Waals surface area contributed by atoms with Crippen LogP contribution in [-0.4, -0.2) is 60.6 Å². The lowest BCUT2D eigenvalue weighted by atomic mass is 9.99. The Bertz CT molecular complexity index is 859.